The molecular weight excluding hydrogens is 282 g/mol. The van der Waals surface area contributed by atoms with Gasteiger partial charge in [0.15, 0.2) is 5.82 Å². The van der Waals surface area contributed by atoms with E-state index in [0.717, 1.165) is 0 Å². The first-order valence-electron chi connectivity index (χ1n) is 5.63. The van der Waals surface area contributed by atoms with Gasteiger partial charge in [-0.1, -0.05) is 6.07 Å². The summed E-state index contributed by atoms with van der Waals surface area (Å²) in [7, 11) is -0.890. The first-order valence-corrected chi connectivity index (χ1v) is 7.11. The Morgan fingerprint density at radius 1 is 1.35 bits per heavy atom. The van der Waals surface area contributed by atoms with Gasteiger partial charge in [0.05, 0.1) is 17.6 Å². The number of hydrogen-bond acceptors (Lipinski definition) is 5. The SMILES string of the molecule is COC(=O)c1cccc(S(=O)(=O)Nc2ccn(C)n2)c1. The van der Waals surface area contributed by atoms with Crippen molar-refractivity contribution in [2.24, 2.45) is 7.05 Å². The molecule has 0 saturated carbocycles. The number of nitrogens with one attached hydrogen (secondary N) is 1. The molecule has 1 aromatic heterocycles. The quantitative estimate of drug-likeness (QED) is 0.850. The van der Waals surface area contributed by atoms with Crippen molar-refractivity contribution in [3.8, 4) is 0 Å². The zero-order chi connectivity index (χ0) is 14.8. The molecular formula is C12H13N3O4S. The van der Waals surface area contributed by atoms with Crippen LogP contribution in [0.2, 0.25) is 0 Å². The predicted octanol–water partition coefficient (Wildman–Crippen LogP) is 1.01. The number of nitrogens with zero attached hydrogens (tertiary/aromatic N) is 2. The number of esters is 1. The third-order valence-electron chi connectivity index (χ3n) is 2.52. The Balaban J connectivity index is 2.32. The van der Waals surface area contributed by atoms with E-state index in [4.69, 9.17) is 0 Å². The highest BCUT2D eigenvalue weighted by Crippen LogP contribution is 2.16. The molecule has 0 atom stereocenters. The third-order valence-corrected chi connectivity index (χ3v) is 3.87. The maximum Gasteiger partial charge on any atom is 0.337 e. The van der Waals surface area contributed by atoms with E-state index in [2.05, 4.69) is 14.6 Å². The molecule has 0 radical (unpaired) electrons. The summed E-state index contributed by atoms with van der Waals surface area (Å²) >= 11 is 0. The molecule has 20 heavy (non-hydrogen) atoms. The molecule has 0 unspecified atom stereocenters. The van der Waals surface area contributed by atoms with E-state index < -0.39 is 16.0 Å². The first-order chi connectivity index (χ1) is 9.42. The Bertz CT molecular complexity index is 737. The predicted molar refractivity (Wildman–Crippen MR) is 71.8 cm³/mol. The van der Waals surface area contributed by atoms with Crippen molar-refractivity contribution in [3.05, 3.63) is 42.1 Å². The van der Waals surface area contributed by atoms with Crippen LogP contribution >= 0.6 is 0 Å². The van der Waals surface area contributed by atoms with Crippen LogP contribution in [-0.2, 0) is 21.8 Å². The summed E-state index contributed by atoms with van der Waals surface area (Å²) in [6, 6.07) is 7.11. The van der Waals surface area contributed by atoms with Crippen LogP contribution in [0.1, 0.15) is 10.4 Å². The van der Waals surface area contributed by atoms with Crippen LogP contribution in [0, 0.1) is 0 Å². The van der Waals surface area contributed by atoms with Crippen molar-refractivity contribution in [1.29, 1.82) is 0 Å². The van der Waals surface area contributed by atoms with Gasteiger partial charge in [0.2, 0.25) is 0 Å². The highest BCUT2D eigenvalue weighted by Gasteiger charge is 2.17. The molecule has 0 aliphatic rings. The van der Waals surface area contributed by atoms with E-state index in [9.17, 15) is 13.2 Å². The highest BCUT2D eigenvalue weighted by atomic mass is 32.2. The molecule has 2 aromatic rings. The Kier molecular flexibility index (Phi) is 3.75. The summed E-state index contributed by atoms with van der Waals surface area (Å²) in [5.41, 5.74) is 0.163. The van der Waals surface area contributed by atoms with Crippen LogP contribution in [0.15, 0.2) is 41.4 Å². The summed E-state index contributed by atoms with van der Waals surface area (Å²) in [5, 5.41) is 3.93. The monoisotopic (exact) mass is 295 g/mol. The summed E-state index contributed by atoms with van der Waals surface area (Å²) in [5.74, 6) is -0.393. The fourth-order valence-corrected chi connectivity index (χ4v) is 2.62. The van der Waals surface area contributed by atoms with Gasteiger partial charge in [0.1, 0.15) is 0 Å². The topological polar surface area (TPSA) is 90.3 Å². The lowest BCUT2D eigenvalue weighted by atomic mass is 10.2. The molecule has 0 aliphatic heterocycles. The smallest absolute Gasteiger partial charge is 0.337 e. The number of benzene rings is 1. The van der Waals surface area contributed by atoms with Gasteiger partial charge < -0.3 is 4.74 Å². The van der Waals surface area contributed by atoms with Gasteiger partial charge in [0.25, 0.3) is 10.0 Å². The Hall–Kier alpha value is -2.35. The molecule has 1 aromatic carbocycles. The van der Waals surface area contributed by atoms with Gasteiger partial charge in [-0.3, -0.25) is 9.40 Å². The number of anilines is 1. The summed E-state index contributed by atoms with van der Waals surface area (Å²) in [6.07, 6.45) is 1.61. The molecule has 8 heteroatoms. The number of rotatable bonds is 4. The van der Waals surface area contributed by atoms with Gasteiger partial charge in [-0.15, -0.1) is 0 Å². The van der Waals surface area contributed by atoms with Gasteiger partial charge in [0, 0.05) is 19.3 Å². The number of aromatic nitrogens is 2. The summed E-state index contributed by atoms with van der Waals surface area (Å²) in [4.78, 5) is 11.4. The molecule has 1 heterocycles. The fraction of sp³-hybridized carbons (Fsp3) is 0.167. The number of ether oxygens (including phenoxy) is 1. The van der Waals surface area contributed by atoms with Crippen LogP contribution in [0.4, 0.5) is 5.82 Å². The maximum absolute atomic E-state index is 12.2. The number of methoxy groups -OCH3 is 1. The van der Waals surface area contributed by atoms with Gasteiger partial charge in [-0.25, -0.2) is 13.2 Å². The van der Waals surface area contributed by atoms with E-state index in [1.165, 1.54) is 42.1 Å². The normalized spacial score (nSPS) is 11.1. The first kappa shape index (κ1) is 14.1. The molecule has 1 N–H and O–H groups in total. The number of carbonyl (C=O) groups is 1. The molecule has 7 nitrogen and oxygen atoms in total. The standard InChI is InChI=1S/C12H13N3O4S/c1-15-7-6-11(13-15)14-20(17,18)10-5-3-4-9(8-10)12(16)19-2/h3-8H,1-2H3,(H,13,14). The minimum Gasteiger partial charge on any atom is -0.465 e. The van der Waals surface area contributed by atoms with Crippen LogP contribution in [0.25, 0.3) is 0 Å². The number of sulfonamides is 1. The summed E-state index contributed by atoms with van der Waals surface area (Å²) in [6.45, 7) is 0. The average molecular weight is 295 g/mol. The molecule has 0 spiro atoms. The van der Waals surface area contributed by atoms with E-state index in [0.29, 0.717) is 0 Å². The Morgan fingerprint density at radius 2 is 2.10 bits per heavy atom. The van der Waals surface area contributed by atoms with Crippen LogP contribution in [0.3, 0.4) is 0 Å². The molecule has 0 fully saturated rings. The summed E-state index contributed by atoms with van der Waals surface area (Å²) < 4.78 is 32.7. The van der Waals surface area contributed by atoms with Crippen molar-refractivity contribution < 1.29 is 17.9 Å². The van der Waals surface area contributed by atoms with Crippen molar-refractivity contribution in [2.45, 2.75) is 4.90 Å². The average Bonchev–Trinajstić information content (AvgIpc) is 2.82. The molecule has 106 valence electrons. The molecule has 0 saturated heterocycles. The van der Waals surface area contributed by atoms with E-state index in [-0.39, 0.29) is 16.3 Å². The van der Waals surface area contributed by atoms with E-state index >= 15 is 0 Å². The van der Waals surface area contributed by atoms with E-state index in [1.54, 1.807) is 13.2 Å². The molecule has 2 rings (SSSR count). The number of aryl methyl sites for hydroxylation is 1. The Morgan fingerprint density at radius 3 is 2.70 bits per heavy atom. The minimum atomic E-state index is -3.80. The van der Waals surface area contributed by atoms with Crippen molar-refractivity contribution in [3.63, 3.8) is 0 Å². The largest absolute Gasteiger partial charge is 0.465 e. The maximum atomic E-state index is 12.2. The molecule has 0 bridgehead atoms. The van der Waals surface area contributed by atoms with Crippen LogP contribution in [0.5, 0.6) is 0 Å². The van der Waals surface area contributed by atoms with Crippen molar-refractivity contribution in [2.75, 3.05) is 11.8 Å². The zero-order valence-corrected chi connectivity index (χ0v) is 11.7. The fourth-order valence-electron chi connectivity index (χ4n) is 1.57. The molecule has 0 aliphatic carbocycles. The Labute approximate surface area is 116 Å². The second kappa shape index (κ2) is 5.33. The lowest BCUT2D eigenvalue weighted by molar-refractivity contribution is 0.0600. The van der Waals surface area contributed by atoms with Crippen molar-refractivity contribution >= 4 is 21.8 Å². The van der Waals surface area contributed by atoms with E-state index in [1.807, 2.05) is 0 Å². The number of carbonyl (C=O) groups excluding carboxylic acids is 1. The second-order valence-corrected chi connectivity index (χ2v) is 5.68. The second-order valence-electron chi connectivity index (χ2n) is 4.00. The van der Waals surface area contributed by atoms with Gasteiger partial charge >= 0.3 is 5.97 Å². The van der Waals surface area contributed by atoms with Crippen molar-refractivity contribution in [1.82, 2.24) is 9.78 Å². The lowest BCUT2D eigenvalue weighted by Gasteiger charge is -2.06. The highest BCUT2D eigenvalue weighted by molar-refractivity contribution is 7.92. The number of hydrogen-bond donors (Lipinski definition) is 1. The lowest BCUT2D eigenvalue weighted by Crippen LogP contribution is -2.14. The third kappa shape index (κ3) is 2.97. The van der Waals surface area contributed by atoms with Gasteiger partial charge in [-0.2, -0.15) is 5.10 Å². The zero-order valence-electron chi connectivity index (χ0n) is 10.9. The molecule has 0 amide bonds. The minimum absolute atomic E-state index is 0.0361. The van der Waals surface area contributed by atoms with Gasteiger partial charge in [-0.05, 0) is 18.2 Å². The van der Waals surface area contributed by atoms with Crippen LogP contribution < -0.4 is 4.72 Å². The van der Waals surface area contributed by atoms with Crippen LogP contribution in [-0.4, -0.2) is 31.3 Å².